The predicted octanol–water partition coefficient (Wildman–Crippen LogP) is 3.52. The van der Waals surface area contributed by atoms with E-state index in [1.54, 1.807) is 23.1 Å². The summed E-state index contributed by atoms with van der Waals surface area (Å²) in [7, 11) is 0. The molecule has 0 aliphatic carbocycles. The number of nitrogens with one attached hydrogen (secondary N) is 1. The van der Waals surface area contributed by atoms with E-state index < -0.39 is 6.04 Å². The number of hydrogen-bond acceptors (Lipinski definition) is 2. The van der Waals surface area contributed by atoms with Crippen molar-refractivity contribution in [1.82, 2.24) is 10.2 Å². The molecule has 0 spiro atoms. The molecule has 2 aromatic rings. The molecule has 0 unspecified atom stereocenters. The van der Waals surface area contributed by atoms with Crippen molar-refractivity contribution >= 4 is 6.03 Å². The maximum absolute atomic E-state index is 14.3. The van der Waals surface area contributed by atoms with Crippen LogP contribution in [0.3, 0.4) is 0 Å². The Balaban J connectivity index is 1.73. The third kappa shape index (κ3) is 4.61. The summed E-state index contributed by atoms with van der Waals surface area (Å²) in [5, 5.41) is 12.3. The molecule has 0 bridgehead atoms. The van der Waals surface area contributed by atoms with Gasteiger partial charge < -0.3 is 15.3 Å². The van der Waals surface area contributed by atoms with Crippen molar-refractivity contribution in [2.45, 2.75) is 25.3 Å². The van der Waals surface area contributed by atoms with E-state index in [0.717, 1.165) is 18.4 Å². The number of piperidine rings is 1. The van der Waals surface area contributed by atoms with Gasteiger partial charge in [0.15, 0.2) is 0 Å². The highest BCUT2D eigenvalue weighted by Gasteiger charge is 2.25. The molecule has 5 heteroatoms. The molecule has 1 aliphatic rings. The third-order valence-electron chi connectivity index (χ3n) is 5.02. The molecule has 1 fully saturated rings. The van der Waals surface area contributed by atoms with Crippen LogP contribution in [0.1, 0.15) is 30.0 Å². The monoisotopic (exact) mass is 356 g/mol. The Labute approximate surface area is 153 Å². The van der Waals surface area contributed by atoms with Gasteiger partial charge in [0, 0.05) is 25.3 Å². The zero-order valence-electron chi connectivity index (χ0n) is 14.8. The van der Waals surface area contributed by atoms with E-state index >= 15 is 0 Å². The fourth-order valence-corrected chi connectivity index (χ4v) is 3.41. The molecule has 1 heterocycles. The first kappa shape index (κ1) is 18.4. The summed E-state index contributed by atoms with van der Waals surface area (Å²) in [5.41, 5.74) is 1.54. The number of urea groups is 1. The Morgan fingerprint density at radius 1 is 1.12 bits per heavy atom. The van der Waals surface area contributed by atoms with Gasteiger partial charge in [-0.2, -0.15) is 0 Å². The second-order valence-corrected chi connectivity index (χ2v) is 6.83. The minimum Gasteiger partial charge on any atom is -0.396 e. The quantitative estimate of drug-likeness (QED) is 0.861. The Morgan fingerprint density at radius 2 is 1.77 bits per heavy atom. The van der Waals surface area contributed by atoms with Crippen molar-refractivity contribution in [3.8, 4) is 0 Å². The highest BCUT2D eigenvalue weighted by Crippen LogP contribution is 2.23. The number of nitrogens with zero attached hydrogens (tertiary/aromatic N) is 1. The first-order valence-corrected chi connectivity index (χ1v) is 9.12. The maximum atomic E-state index is 14.3. The Hall–Kier alpha value is -2.40. The van der Waals surface area contributed by atoms with E-state index in [1.165, 1.54) is 6.07 Å². The number of hydrogen-bond donors (Lipinski definition) is 2. The lowest BCUT2D eigenvalue weighted by Crippen LogP contribution is -2.46. The summed E-state index contributed by atoms with van der Waals surface area (Å²) in [4.78, 5) is 14.5. The van der Waals surface area contributed by atoms with Crippen molar-refractivity contribution in [3.05, 3.63) is 71.5 Å². The average molecular weight is 356 g/mol. The van der Waals surface area contributed by atoms with Gasteiger partial charge in [0.05, 0.1) is 6.04 Å². The zero-order valence-corrected chi connectivity index (χ0v) is 14.8. The first-order chi connectivity index (χ1) is 12.7. The van der Waals surface area contributed by atoms with Crippen LogP contribution < -0.4 is 5.32 Å². The molecule has 0 aromatic heterocycles. The lowest BCUT2D eigenvalue weighted by molar-refractivity contribution is 0.135. The van der Waals surface area contributed by atoms with Crippen molar-refractivity contribution in [1.29, 1.82) is 0 Å². The number of halogens is 1. The van der Waals surface area contributed by atoms with Crippen molar-refractivity contribution in [3.63, 3.8) is 0 Å². The van der Waals surface area contributed by atoms with Crippen LogP contribution in [0.2, 0.25) is 0 Å². The van der Waals surface area contributed by atoms with Gasteiger partial charge in [-0.1, -0.05) is 48.5 Å². The molecule has 1 aliphatic heterocycles. The van der Waals surface area contributed by atoms with E-state index in [-0.39, 0.29) is 24.4 Å². The molecule has 0 radical (unpaired) electrons. The van der Waals surface area contributed by atoms with Gasteiger partial charge in [-0.3, -0.25) is 0 Å². The number of carbonyl (C=O) groups is 1. The Kier molecular flexibility index (Phi) is 6.23. The van der Waals surface area contributed by atoms with Crippen molar-refractivity contribution in [2.75, 3.05) is 19.7 Å². The maximum Gasteiger partial charge on any atom is 0.317 e. The van der Waals surface area contributed by atoms with Crippen molar-refractivity contribution < 1.29 is 14.3 Å². The summed E-state index contributed by atoms with van der Waals surface area (Å²) < 4.78 is 14.3. The van der Waals surface area contributed by atoms with Crippen LogP contribution in [0.15, 0.2) is 54.6 Å². The lowest BCUT2D eigenvalue weighted by Gasteiger charge is -2.32. The number of rotatable bonds is 5. The summed E-state index contributed by atoms with van der Waals surface area (Å²) in [6.45, 7) is 1.40. The van der Waals surface area contributed by atoms with E-state index in [9.17, 15) is 14.3 Å². The van der Waals surface area contributed by atoms with Crippen LogP contribution >= 0.6 is 0 Å². The fourth-order valence-electron chi connectivity index (χ4n) is 3.41. The molecule has 2 amide bonds. The number of carbonyl (C=O) groups excluding carboxylic acids is 1. The third-order valence-corrected chi connectivity index (χ3v) is 5.02. The number of aliphatic hydroxyl groups excluding tert-OH is 1. The SMILES string of the molecule is O=C(N[C@@H](Cc1ccccc1)c1ccccc1F)N1CCC(CO)CC1. The Morgan fingerprint density at radius 3 is 2.42 bits per heavy atom. The minimum atomic E-state index is -0.429. The molecule has 3 rings (SSSR count). The van der Waals surface area contributed by atoms with Gasteiger partial charge in [-0.25, -0.2) is 9.18 Å². The molecule has 1 saturated heterocycles. The smallest absolute Gasteiger partial charge is 0.317 e. The molecule has 4 nitrogen and oxygen atoms in total. The summed E-state index contributed by atoms with van der Waals surface area (Å²) in [5.74, 6) is -0.0431. The standard InChI is InChI=1S/C21H25FN2O2/c22-19-9-5-4-8-18(19)20(14-16-6-2-1-3-7-16)23-21(26)24-12-10-17(15-25)11-13-24/h1-9,17,20,25H,10-15H2,(H,23,26)/t20-/m0/s1. The van der Waals surface area contributed by atoms with Gasteiger partial charge in [-0.15, -0.1) is 0 Å². The van der Waals surface area contributed by atoms with Gasteiger partial charge >= 0.3 is 6.03 Å². The highest BCUT2D eigenvalue weighted by atomic mass is 19.1. The van der Waals surface area contributed by atoms with Crippen molar-refractivity contribution in [2.24, 2.45) is 5.92 Å². The van der Waals surface area contributed by atoms with E-state index in [2.05, 4.69) is 5.32 Å². The highest BCUT2D eigenvalue weighted by molar-refractivity contribution is 5.75. The molecular weight excluding hydrogens is 331 g/mol. The van der Waals surface area contributed by atoms with Gasteiger partial charge in [0.25, 0.3) is 0 Å². The zero-order chi connectivity index (χ0) is 18.4. The molecule has 2 N–H and O–H groups in total. The first-order valence-electron chi connectivity index (χ1n) is 9.12. The van der Waals surface area contributed by atoms with Gasteiger partial charge in [0.1, 0.15) is 5.82 Å². The molecule has 0 saturated carbocycles. The Bertz CT molecular complexity index is 715. The topological polar surface area (TPSA) is 52.6 Å². The van der Waals surface area contributed by atoms with Crippen LogP contribution in [0.25, 0.3) is 0 Å². The van der Waals surface area contributed by atoms with E-state index in [0.29, 0.717) is 25.1 Å². The van der Waals surface area contributed by atoms with E-state index in [1.807, 2.05) is 30.3 Å². The minimum absolute atomic E-state index is 0.168. The number of aliphatic hydroxyl groups is 1. The van der Waals surface area contributed by atoms with Crippen LogP contribution in [0.4, 0.5) is 9.18 Å². The van der Waals surface area contributed by atoms with Crippen LogP contribution in [0.5, 0.6) is 0 Å². The summed E-state index contributed by atoms with van der Waals surface area (Å²) in [6.07, 6.45) is 2.13. The second-order valence-electron chi connectivity index (χ2n) is 6.83. The number of likely N-dealkylation sites (tertiary alicyclic amines) is 1. The van der Waals surface area contributed by atoms with Gasteiger partial charge in [0.2, 0.25) is 0 Å². The summed E-state index contributed by atoms with van der Waals surface area (Å²) in [6, 6.07) is 15.8. The normalized spacial score (nSPS) is 16.3. The molecule has 1 atom stereocenters. The molecular formula is C21H25FN2O2. The predicted molar refractivity (Wildman–Crippen MR) is 99.2 cm³/mol. The number of amides is 2. The lowest BCUT2D eigenvalue weighted by atomic mass is 9.97. The second kappa shape index (κ2) is 8.81. The average Bonchev–Trinajstić information content (AvgIpc) is 2.69. The number of benzene rings is 2. The van der Waals surface area contributed by atoms with E-state index in [4.69, 9.17) is 0 Å². The summed E-state index contributed by atoms with van der Waals surface area (Å²) >= 11 is 0. The van der Waals surface area contributed by atoms with Crippen LogP contribution in [-0.2, 0) is 6.42 Å². The molecule has 2 aromatic carbocycles. The fraction of sp³-hybridized carbons (Fsp3) is 0.381. The van der Waals surface area contributed by atoms with Crippen LogP contribution in [-0.4, -0.2) is 35.7 Å². The largest absolute Gasteiger partial charge is 0.396 e. The van der Waals surface area contributed by atoms with Crippen LogP contribution in [0, 0.1) is 11.7 Å². The molecule has 138 valence electrons. The molecule has 26 heavy (non-hydrogen) atoms. The van der Waals surface area contributed by atoms with Gasteiger partial charge in [-0.05, 0) is 36.8 Å².